The van der Waals surface area contributed by atoms with Crippen LogP contribution in [-0.2, 0) is 15.0 Å². The van der Waals surface area contributed by atoms with Gasteiger partial charge in [0.25, 0.3) is 0 Å². The number of rotatable bonds is 7. The summed E-state index contributed by atoms with van der Waals surface area (Å²) in [5.74, 6) is -0.439. The van der Waals surface area contributed by atoms with Crippen LogP contribution in [0.2, 0.25) is 0 Å². The fourth-order valence-corrected chi connectivity index (χ4v) is 5.02. The molecule has 0 unspecified atom stereocenters. The van der Waals surface area contributed by atoms with E-state index in [9.17, 15) is 14.7 Å². The van der Waals surface area contributed by atoms with Gasteiger partial charge in [-0.05, 0) is 44.0 Å². The Morgan fingerprint density at radius 1 is 1.13 bits per heavy atom. The molecular formula is C22H28N2O5S. The van der Waals surface area contributed by atoms with Crippen LogP contribution in [0.15, 0.2) is 30.3 Å². The van der Waals surface area contributed by atoms with Gasteiger partial charge < -0.3 is 25.2 Å². The van der Waals surface area contributed by atoms with Gasteiger partial charge in [0, 0.05) is 27.8 Å². The number of benzene rings is 1. The number of aliphatic hydroxyl groups excluding tert-OH is 1. The lowest BCUT2D eigenvalue weighted by molar-refractivity contribution is -0.136. The zero-order valence-electron chi connectivity index (χ0n) is 17.5. The third kappa shape index (κ3) is 4.76. The Balaban J connectivity index is 1.66. The summed E-state index contributed by atoms with van der Waals surface area (Å²) in [5, 5.41) is 15.2. The highest BCUT2D eigenvalue weighted by molar-refractivity contribution is 7.12. The predicted octanol–water partition coefficient (Wildman–Crippen LogP) is 3.39. The Morgan fingerprint density at radius 2 is 1.87 bits per heavy atom. The molecule has 162 valence electrons. The first-order chi connectivity index (χ1) is 14.4. The first-order valence-electron chi connectivity index (χ1n) is 9.98. The molecule has 8 heteroatoms. The summed E-state index contributed by atoms with van der Waals surface area (Å²) in [6.45, 7) is 2.13. The highest BCUT2D eigenvalue weighted by Crippen LogP contribution is 2.44. The summed E-state index contributed by atoms with van der Waals surface area (Å²) in [5.41, 5.74) is 0.208. The number of hydrogen-bond donors (Lipinski definition) is 3. The molecule has 1 aliphatic carbocycles. The molecule has 0 bridgehead atoms. The molecule has 0 spiro atoms. The lowest BCUT2D eigenvalue weighted by atomic mass is 9.84. The summed E-state index contributed by atoms with van der Waals surface area (Å²) >= 11 is 1.58. The molecule has 1 aliphatic rings. The van der Waals surface area contributed by atoms with Crippen LogP contribution in [0.25, 0.3) is 0 Å². The smallest absolute Gasteiger partial charge is 0.313 e. The van der Waals surface area contributed by atoms with E-state index < -0.39 is 17.9 Å². The van der Waals surface area contributed by atoms with Crippen LogP contribution in [0.3, 0.4) is 0 Å². The minimum absolute atomic E-state index is 0.189. The Labute approximate surface area is 180 Å². The number of amides is 2. The molecule has 1 aromatic carbocycles. The molecule has 0 saturated heterocycles. The average molecular weight is 433 g/mol. The van der Waals surface area contributed by atoms with Crippen LogP contribution < -0.4 is 20.1 Å². The fraction of sp³-hybridized carbons (Fsp3) is 0.455. The van der Waals surface area contributed by atoms with E-state index in [1.54, 1.807) is 36.5 Å². The van der Waals surface area contributed by atoms with E-state index in [1.807, 2.05) is 12.1 Å². The van der Waals surface area contributed by atoms with E-state index >= 15 is 0 Å². The number of thiophene rings is 1. The van der Waals surface area contributed by atoms with Gasteiger partial charge in [-0.25, -0.2) is 0 Å². The maximum absolute atomic E-state index is 12.5. The van der Waals surface area contributed by atoms with Crippen LogP contribution in [-0.4, -0.2) is 37.7 Å². The summed E-state index contributed by atoms with van der Waals surface area (Å²) in [6.07, 6.45) is 3.53. The second kappa shape index (κ2) is 9.49. The summed E-state index contributed by atoms with van der Waals surface area (Å²) in [7, 11) is 3.02. The van der Waals surface area contributed by atoms with Crippen molar-refractivity contribution < 1.29 is 24.2 Å². The molecule has 1 saturated carbocycles. The molecule has 2 aromatic rings. The Kier molecular flexibility index (Phi) is 6.99. The number of carbonyl (C=O) groups is 2. The maximum Gasteiger partial charge on any atom is 0.313 e. The Bertz CT molecular complexity index is 903. The van der Waals surface area contributed by atoms with E-state index in [0.29, 0.717) is 23.7 Å². The number of nitrogens with one attached hydrogen (secondary N) is 2. The number of ether oxygens (including phenoxy) is 2. The number of anilines is 1. The monoisotopic (exact) mass is 432 g/mol. The van der Waals surface area contributed by atoms with Crippen molar-refractivity contribution in [3.63, 3.8) is 0 Å². The number of aliphatic hydroxyl groups is 1. The second-order valence-corrected chi connectivity index (χ2v) is 8.68. The number of methoxy groups -OCH3 is 2. The minimum atomic E-state index is -0.748. The summed E-state index contributed by atoms with van der Waals surface area (Å²) in [4.78, 5) is 27.0. The van der Waals surface area contributed by atoms with Crippen molar-refractivity contribution in [2.24, 2.45) is 0 Å². The molecule has 30 heavy (non-hydrogen) atoms. The zero-order valence-corrected chi connectivity index (χ0v) is 18.3. The lowest BCUT2D eigenvalue weighted by Crippen LogP contribution is -2.43. The maximum atomic E-state index is 12.5. The fourth-order valence-electron chi connectivity index (χ4n) is 3.84. The third-order valence-corrected chi connectivity index (χ3v) is 7.07. The average Bonchev–Trinajstić information content (AvgIpc) is 3.42. The number of hydrogen-bond acceptors (Lipinski definition) is 6. The van der Waals surface area contributed by atoms with Crippen molar-refractivity contribution in [1.29, 1.82) is 0 Å². The number of carbonyl (C=O) groups excluding carboxylic acids is 2. The quantitative estimate of drug-likeness (QED) is 0.583. The van der Waals surface area contributed by atoms with Crippen LogP contribution in [0.1, 0.15) is 48.5 Å². The van der Waals surface area contributed by atoms with Gasteiger partial charge in [0.2, 0.25) is 0 Å². The Morgan fingerprint density at radius 3 is 2.47 bits per heavy atom. The van der Waals surface area contributed by atoms with Crippen molar-refractivity contribution in [2.45, 2.75) is 44.1 Å². The molecule has 0 aliphatic heterocycles. The largest absolute Gasteiger partial charge is 0.497 e. The van der Waals surface area contributed by atoms with Crippen LogP contribution >= 0.6 is 11.3 Å². The second-order valence-electron chi connectivity index (χ2n) is 7.57. The first kappa shape index (κ1) is 22.1. The van der Waals surface area contributed by atoms with Crippen LogP contribution in [0, 0.1) is 0 Å². The van der Waals surface area contributed by atoms with Gasteiger partial charge in [0.05, 0.1) is 26.0 Å². The van der Waals surface area contributed by atoms with E-state index in [0.717, 1.165) is 35.4 Å². The van der Waals surface area contributed by atoms with Gasteiger partial charge in [0.1, 0.15) is 11.5 Å². The molecule has 1 aromatic heterocycles. The van der Waals surface area contributed by atoms with Gasteiger partial charge in [-0.1, -0.05) is 12.8 Å². The van der Waals surface area contributed by atoms with E-state index in [2.05, 4.69) is 10.6 Å². The molecule has 2 amide bonds. The van der Waals surface area contributed by atoms with Crippen molar-refractivity contribution in [3.05, 3.63) is 40.1 Å². The standard InChI is InChI=1S/C22H28N2O5S/c1-14(25)18-8-9-19(30-18)22(10-4-5-11-22)13-23-20(26)21(27)24-16-7-6-15(28-2)12-17(16)29-3/h6-9,12,14,25H,4-5,10-11,13H2,1-3H3,(H,23,26)(H,24,27)/t14-/m1/s1. The predicted molar refractivity (Wildman–Crippen MR) is 116 cm³/mol. The van der Waals surface area contributed by atoms with Gasteiger partial charge in [-0.15, -0.1) is 11.3 Å². The summed E-state index contributed by atoms with van der Waals surface area (Å²) < 4.78 is 10.4. The molecule has 3 N–H and O–H groups in total. The highest BCUT2D eigenvalue weighted by Gasteiger charge is 2.38. The van der Waals surface area contributed by atoms with Crippen molar-refractivity contribution in [2.75, 3.05) is 26.1 Å². The van der Waals surface area contributed by atoms with Gasteiger partial charge in [-0.3, -0.25) is 9.59 Å². The normalized spacial score (nSPS) is 16.0. The van der Waals surface area contributed by atoms with Crippen molar-refractivity contribution in [3.8, 4) is 11.5 Å². The van der Waals surface area contributed by atoms with E-state index in [-0.39, 0.29) is 5.41 Å². The van der Waals surface area contributed by atoms with E-state index in [1.165, 1.54) is 14.2 Å². The van der Waals surface area contributed by atoms with Gasteiger partial charge in [0.15, 0.2) is 0 Å². The molecule has 0 radical (unpaired) electrons. The van der Waals surface area contributed by atoms with Crippen molar-refractivity contribution >= 4 is 28.8 Å². The molecule has 1 fully saturated rings. The molecule has 7 nitrogen and oxygen atoms in total. The van der Waals surface area contributed by atoms with Gasteiger partial charge >= 0.3 is 11.8 Å². The molecule has 1 atom stereocenters. The van der Waals surface area contributed by atoms with Crippen LogP contribution in [0.5, 0.6) is 11.5 Å². The molecule has 1 heterocycles. The minimum Gasteiger partial charge on any atom is -0.497 e. The SMILES string of the molecule is COc1ccc(NC(=O)C(=O)NCC2(c3ccc([C@@H](C)O)s3)CCCC2)c(OC)c1. The van der Waals surface area contributed by atoms with Gasteiger partial charge in [-0.2, -0.15) is 0 Å². The summed E-state index contributed by atoms with van der Waals surface area (Å²) in [6, 6.07) is 8.92. The van der Waals surface area contributed by atoms with E-state index in [4.69, 9.17) is 9.47 Å². The van der Waals surface area contributed by atoms with Crippen molar-refractivity contribution in [1.82, 2.24) is 5.32 Å². The Hall–Kier alpha value is -2.58. The van der Waals surface area contributed by atoms with Crippen LogP contribution in [0.4, 0.5) is 5.69 Å². The third-order valence-electron chi connectivity index (χ3n) is 5.57. The first-order valence-corrected chi connectivity index (χ1v) is 10.8. The lowest BCUT2D eigenvalue weighted by Gasteiger charge is -2.28. The highest BCUT2D eigenvalue weighted by atomic mass is 32.1. The molecular weight excluding hydrogens is 404 g/mol. The topological polar surface area (TPSA) is 96.9 Å². The molecule has 3 rings (SSSR count). The zero-order chi connectivity index (χ0) is 21.7.